The van der Waals surface area contributed by atoms with E-state index in [4.69, 9.17) is 17.0 Å². The molecule has 1 fully saturated rings. The zero-order valence-electron chi connectivity index (χ0n) is 15.6. The SMILES string of the molecule is CC1Cc2cc(NS(=O)(=O)c3cccs3)c(N3CCCCC3)cc2NC(=S)O1. The van der Waals surface area contributed by atoms with Crippen molar-refractivity contribution in [3.63, 3.8) is 0 Å². The van der Waals surface area contributed by atoms with Crippen LogP contribution in [0.5, 0.6) is 0 Å². The maximum absolute atomic E-state index is 12.9. The summed E-state index contributed by atoms with van der Waals surface area (Å²) in [6.07, 6.45) is 3.96. The van der Waals surface area contributed by atoms with Crippen molar-refractivity contribution in [3.8, 4) is 0 Å². The molecular formula is C19H23N3O3S3. The number of anilines is 3. The number of nitrogens with one attached hydrogen (secondary N) is 2. The number of rotatable bonds is 4. The molecule has 0 bridgehead atoms. The molecule has 0 spiro atoms. The third-order valence-electron chi connectivity index (χ3n) is 4.97. The van der Waals surface area contributed by atoms with Crippen LogP contribution in [0, 0.1) is 0 Å². The number of fused-ring (bicyclic) bond motifs is 1. The van der Waals surface area contributed by atoms with Gasteiger partial charge in [-0.05, 0) is 67.5 Å². The second-order valence-electron chi connectivity index (χ2n) is 7.16. The van der Waals surface area contributed by atoms with E-state index in [1.165, 1.54) is 17.8 Å². The second kappa shape index (κ2) is 7.88. The first kappa shape index (κ1) is 19.5. The highest BCUT2D eigenvalue weighted by molar-refractivity contribution is 7.94. The van der Waals surface area contributed by atoms with Crippen molar-refractivity contribution in [2.45, 2.75) is 42.9 Å². The van der Waals surface area contributed by atoms with Gasteiger partial charge in [0.1, 0.15) is 10.3 Å². The van der Waals surface area contributed by atoms with Gasteiger partial charge in [-0.25, -0.2) is 8.42 Å². The lowest BCUT2D eigenvalue weighted by Crippen LogP contribution is -2.30. The number of nitrogens with zero attached hydrogens (tertiary/aromatic N) is 1. The van der Waals surface area contributed by atoms with Crippen LogP contribution in [-0.4, -0.2) is 32.8 Å². The van der Waals surface area contributed by atoms with Gasteiger partial charge in [0.05, 0.1) is 11.4 Å². The Morgan fingerprint density at radius 1 is 1.29 bits per heavy atom. The molecule has 1 unspecified atom stereocenters. The molecule has 2 N–H and O–H groups in total. The Balaban J connectivity index is 1.77. The fraction of sp³-hybridized carbons (Fsp3) is 0.421. The van der Waals surface area contributed by atoms with E-state index in [1.54, 1.807) is 17.5 Å². The molecule has 1 saturated heterocycles. The molecule has 1 aromatic carbocycles. The van der Waals surface area contributed by atoms with Crippen LogP contribution in [0.25, 0.3) is 0 Å². The molecule has 3 heterocycles. The van der Waals surface area contributed by atoms with E-state index in [1.807, 2.05) is 19.1 Å². The van der Waals surface area contributed by atoms with Crippen molar-refractivity contribution in [2.75, 3.05) is 28.0 Å². The van der Waals surface area contributed by atoms with E-state index in [-0.39, 0.29) is 6.10 Å². The van der Waals surface area contributed by atoms with Crippen LogP contribution in [0.15, 0.2) is 33.9 Å². The standard InChI is InChI=1S/C19H23N3O3S3/c1-13-10-14-11-16(21-28(23,24)18-6-5-9-27-18)17(22-7-3-2-4-8-22)12-15(14)20-19(26)25-13/h5-6,9,11-13,21H,2-4,7-8,10H2,1H3,(H,20,26). The first-order valence-electron chi connectivity index (χ1n) is 9.38. The minimum absolute atomic E-state index is 0.0798. The Kier molecular flexibility index (Phi) is 5.48. The van der Waals surface area contributed by atoms with Crippen LogP contribution in [0.4, 0.5) is 17.1 Å². The Hall–Kier alpha value is -1.84. The van der Waals surface area contributed by atoms with Gasteiger partial charge in [0.25, 0.3) is 15.2 Å². The fourth-order valence-electron chi connectivity index (χ4n) is 3.68. The quantitative estimate of drug-likeness (QED) is 0.699. The summed E-state index contributed by atoms with van der Waals surface area (Å²) in [7, 11) is -3.63. The molecule has 0 saturated carbocycles. The zero-order valence-corrected chi connectivity index (χ0v) is 18.1. The van der Waals surface area contributed by atoms with Crippen molar-refractivity contribution in [3.05, 3.63) is 35.2 Å². The Labute approximate surface area is 174 Å². The molecule has 2 aromatic rings. The van der Waals surface area contributed by atoms with Crippen LogP contribution in [0.2, 0.25) is 0 Å². The van der Waals surface area contributed by atoms with Crippen LogP contribution >= 0.6 is 23.6 Å². The molecule has 0 radical (unpaired) electrons. The maximum atomic E-state index is 12.9. The molecule has 1 aromatic heterocycles. The zero-order chi connectivity index (χ0) is 19.7. The van der Waals surface area contributed by atoms with Crippen LogP contribution in [0.3, 0.4) is 0 Å². The average molecular weight is 438 g/mol. The minimum Gasteiger partial charge on any atom is -0.467 e. The van der Waals surface area contributed by atoms with Crippen molar-refractivity contribution in [1.82, 2.24) is 0 Å². The number of piperidine rings is 1. The van der Waals surface area contributed by atoms with E-state index in [0.29, 0.717) is 21.5 Å². The predicted molar refractivity (Wildman–Crippen MR) is 118 cm³/mol. The van der Waals surface area contributed by atoms with Crippen molar-refractivity contribution in [2.24, 2.45) is 0 Å². The second-order valence-corrected chi connectivity index (χ2v) is 10.4. The first-order chi connectivity index (χ1) is 13.4. The summed E-state index contributed by atoms with van der Waals surface area (Å²) in [5.74, 6) is 0. The smallest absolute Gasteiger partial charge is 0.271 e. The molecule has 2 aliphatic rings. The Bertz CT molecular complexity index is 968. The lowest BCUT2D eigenvalue weighted by Gasteiger charge is -2.31. The van der Waals surface area contributed by atoms with E-state index >= 15 is 0 Å². The highest BCUT2D eigenvalue weighted by Gasteiger charge is 2.25. The predicted octanol–water partition coefficient (Wildman–Crippen LogP) is 4.20. The summed E-state index contributed by atoms with van der Waals surface area (Å²) in [5.41, 5.74) is 3.35. The van der Waals surface area contributed by atoms with Crippen molar-refractivity contribution in [1.29, 1.82) is 0 Å². The Morgan fingerprint density at radius 3 is 2.79 bits per heavy atom. The lowest BCUT2D eigenvalue weighted by molar-refractivity contribution is 0.217. The summed E-state index contributed by atoms with van der Waals surface area (Å²) in [6, 6.07) is 7.28. The number of benzene rings is 1. The van der Waals surface area contributed by atoms with E-state index in [2.05, 4.69) is 14.9 Å². The molecule has 1 atom stereocenters. The van der Waals surface area contributed by atoms with Gasteiger partial charge in [0, 0.05) is 25.2 Å². The molecule has 28 heavy (non-hydrogen) atoms. The highest BCUT2D eigenvalue weighted by Crippen LogP contribution is 2.37. The van der Waals surface area contributed by atoms with Crippen LogP contribution in [0.1, 0.15) is 31.7 Å². The average Bonchev–Trinajstić information content (AvgIpc) is 3.15. The highest BCUT2D eigenvalue weighted by atomic mass is 32.2. The largest absolute Gasteiger partial charge is 0.467 e. The topological polar surface area (TPSA) is 70.7 Å². The van der Waals surface area contributed by atoms with Gasteiger partial charge in [0.2, 0.25) is 0 Å². The molecular weight excluding hydrogens is 414 g/mol. The summed E-state index contributed by atoms with van der Waals surface area (Å²) < 4.78 is 34.5. The van der Waals surface area contributed by atoms with Gasteiger partial charge < -0.3 is 15.0 Å². The van der Waals surface area contributed by atoms with E-state index < -0.39 is 10.0 Å². The Morgan fingerprint density at radius 2 is 2.07 bits per heavy atom. The van der Waals surface area contributed by atoms with Gasteiger partial charge in [-0.15, -0.1) is 11.3 Å². The van der Waals surface area contributed by atoms with Crippen LogP contribution in [-0.2, 0) is 21.2 Å². The third kappa shape index (κ3) is 4.11. The van der Waals surface area contributed by atoms with E-state index in [0.717, 1.165) is 42.9 Å². The fourth-order valence-corrected chi connectivity index (χ4v) is 6.01. The van der Waals surface area contributed by atoms with Crippen molar-refractivity contribution >= 4 is 55.8 Å². The van der Waals surface area contributed by atoms with Gasteiger partial charge in [-0.3, -0.25) is 4.72 Å². The van der Waals surface area contributed by atoms with Crippen LogP contribution < -0.4 is 14.9 Å². The maximum Gasteiger partial charge on any atom is 0.271 e. The normalized spacial score (nSPS) is 20.0. The van der Waals surface area contributed by atoms with Gasteiger partial charge >= 0.3 is 0 Å². The summed E-state index contributed by atoms with van der Waals surface area (Å²) >= 11 is 6.47. The number of thiocarbonyl (C=S) groups is 1. The molecule has 6 nitrogen and oxygen atoms in total. The first-order valence-corrected chi connectivity index (χ1v) is 12.2. The number of hydrogen-bond donors (Lipinski definition) is 2. The summed E-state index contributed by atoms with van der Waals surface area (Å²) in [4.78, 5) is 2.25. The molecule has 150 valence electrons. The molecule has 0 aliphatic carbocycles. The monoisotopic (exact) mass is 437 g/mol. The number of ether oxygens (including phenoxy) is 1. The van der Waals surface area contributed by atoms with Gasteiger partial charge in [0.15, 0.2) is 0 Å². The molecule has 4 rings (SSSR count). The minimum atomic E-state index is -3.63. The molecule has 2 aliphatic heterocycles. The summed E-state index contributed by atoms with van der Waals surface area (Å²) in [5, 5.41) is 5.27. The van der Waals surface area contributed by atoms with Gasteiger partial charge in [-0.2, -0.15) is 0 Å². The number of hydrogen-bond acceptors (Lipinski definition) is 6. The lowest BCUT2D eigenvalue weighted by atomic mass is 10.0. The molecule has 9 heteroatoms. The summed E-state index contributed by atoms with van der Waals surface area (Å²) in [6.45, 7) is 3.77. The third-order valence-corrected chi connectivity index (χ3v) is 7.94. The molecule has 0 amide bonds. The number of sulfonamides is 1. The van der Waals surface area contributed by atoms with Gasteiger partial charge in [-0.1, -0.05) is 6.07 Å². The number of thiophene rings is 1. The van der Waals surface area contributed by atoms with E-state index in [9.17, 15) is 8.42 Å². The van der Waals surface area contributed by atoms with Crippen molar-refractivity contribution < 1.29 is 13.2 Å².